The first-order valence-corrected chi connectivity index (χ1v) is 8.62. The average molecular weight is 352 g/mol. The number of nitrogens with zero attached hydrogens (tertiary/aromatic N) is 7. The lowest BCUT2D eigenvalue weighted by Crippen LogP contribution is -2.37. The van der Waals surface area contributed by atoms with E-state index in [9.17, 15) is 4.79 Å². The fourth-order valence-corrected chi connectivity index (χ4v) is 3.31. The first-order chi connectivity index (χ1) is 12.7. The molecule has 3 heterocycles. The number of hydrogen-bond donors (Lipinski definition) is 1. The van der Waals surface area contributed by atoms with E-state index in [-0.39, 0.29) is 11.9 Å². The van der Waals surface area contributed by atoms with Crippen LogP contribution in [0.5, 0.6) is 0 Å². The molecule has 9 heteroatoms. The minimum atomic E-state index is -0.0915. The van der Waals surface area contributed by atoms with Gasteiger partial charge in [0, 0.05) is 26.1 Å². The number of carbonyl (C=O) groups is 1. The second kappa shape index (κ2) is 6.95. The van der Waals surface area contributed by atoms with E-state index < -0.39 is 0 Å². The molecular weight excluding hydrogens is 332 g/mol. The van der Waals surface area contributed by atoms with Gasteiger partial charge in [0.2, 0.25) is 11.9 Å². The Morgan fingerprint density at radius 3 is 2.65 bits per heavy atom. The third kappa shape index (κ3) is 3.15. The number of para-hydroxylation sites is 1. The molecule has 0 spiro atoms. The molecule has 1 fully saturated rings. The van der Waals surface area contributed by atoms with Crippen molar-refractivity contribution >= 4 is 17.7 Å². The molecular formula is C17H20N8O. The molecule has 0 atom stereocenters. The molecule has 9 nitrogen and oxygen atoms in total. The van der Waals surface area contributed by atoms with Crippen LogP contribution in [-0.2, 0) is 4.79 Å². The van der Waals surface area contributed by atoms with E-state index in [0.29, 0.717) is 0 Å². The van der Waals surface area contributed by atoms with Gasteiger partial charge in [-0.1, -0.05) is 23.3 Å². The van der Waals surface area contributed by atoms with Crippen LogP contribution in [0.25, 0.3) is 5.69 Å². The van der Waals surface area contributed by atoms with Crippen LogP contribution in [0.4, 0.5) is 11.8 Å². The largest absolute Gasteiger partial charge is 0.339 e. The molecule has 26 heavy (non-hydrogen) atoms. The third-order valence-corrected chi connectivity index (χ3v) is 4.52. The summed E-state index contributed by atoms with van der Waals surface area (Å²) in [4.78, 5) is 13.5. The zero-order valence-electron chi connectivity index (χ0n) is 14.5. The minimum Gasteiger partial charge on any atom is -0.339 e. The van der Waals surface area contributed by atoms with Crippen molar-refractivity contribution in [1.29, 1.82) is 0 Å². The van der Waals surface area contributed by atoms with Gasteiger partial charge >= 0.3 is 0 Å². The second-order valence-corrected chi connectivity index (χ2v) is 6.29. The molecule has 1 saturated heterocycles. The van der Waals surface area contributed by atoms with E-state index in [0.717, 1.165) is 43.4 Å². The van der Waals surface area contributed by atoms with Gasteiger partial charge in [-0.25, -0.2) is 4.68 Å². The predicted octanol–water partition coefficient (Wildman–Crippen LogP) is 1.66. The highest BCUT2D eigenvalue weighted by molar-refractivity contribution is 5.87. The summed E-state index contributed by atoms with van der Waals surface area (Å²) in [7, 11) is 0. The maximum Gasteiger partial charge on any atom is 0.250 e. The van der Waals surface area contributed by atoms with Gasteiger partial charge in [-0.2, -0.15) is 9.78 Å². The number of amides is 1. The Labute approximate surface area is 150 Å². The number of nitrogens with one attached hydrogen (secondary N) is 1. The molecule has 1 N–H and O–H groups in total. The number of piperidine rings is 1. The van der Waals surface area contributed by atoms with Gasteiger partial charge in [-0.05, 0) is 35.4 Å². The van der Waals surface area contributed by atoms with Crippen LogP contribution in [0.2, 0.25) is 0 Å². The lowest BCUT2D eigenvalue weighted by molar-refractivity contribution is -0.114. The zero-order chi connectivity index (χ0) is 17.9. The quantitative estimate of drug-likeness (QED) is 0.767. The average Bonchev–Trinajstić information content (AvgIpc) is 3.31. The Kier molecular flexibility index (Phi) is 4.34. The standard InChI is InChI=1S/C17H20N8O/c1-13(26)19-16-7-10-18-24(16)15-8-11-23(12-9-15)17-20-21-22-25(17)14-5-3-2-4-6-14/h2-7,10,15H,8-9,11-12H2,1H3,(H,19,26). The van der Waals surface area contributed by atoms with Crippen LogP contribution in [0, 0.1) is 0 Å². The summed E-state index contributed by atoms with van der Waals surface area (Å²) in [6.45, 7) is 3.14. The first kappa shape index (κ1) is 16.2. The van der Waals surface area contributed by atoms with Gasteiger partial charge in [-0.3, -0.25) is 4.79 Å². The first-order valence-electron chi connectivity index (χ1n) is 8.62. The van der Waals surface area contributed by atoms with E-state index >= 15 is 0 Å². The van der Waals surface area contributed by atoms with Crippen LogP contribution in [0.1, 0.15) is 25.8 Å². The van der Waals surface area contributed by atoms with Gasteiger partial charge in [0.1, 0.15) is 5.82 Å². The maximum absolute atomic E-state index is 11.3. The second-order valence-electron chi connectivity index (χ2n) is 6.29. The summed E-state index contributed by atoms with van der Waals surface area (Å²) in [5, 5.41) is 19.4. The summed E-state index contributed by atoms with van der Waals surface area (Å²) in [6.07, 6.45) is 3.51. The van der Waals surface area contributed by atoms with E-state index in [1.807, 2.05) is 41.1 Å². The van der Waals surface area contributed by atoms with Crippen LogP contribution >= 0.6 is 0 Å². The number of benzene rings is 1. The van der Waals surface area contributed by atoms with Crippen LogP contribution < -0.4 is 10.2 Å². The predicted molar refractivity (Wildman–Crippen MR) is 96.2 cm³/mol. The molecule has 4 rings (SSSR count). The van der Waals surface area contributed by atoms with Gasteiger partial charge < -0.3 is 10.2 Å². The lowest BCUT2D eigenvalue weighted by atomic mass is 10.1. The van der Waals surface area contributed by atoms with Crippen molar-refractivity contribution in [3.05, 3.63) is 42.6 Å². The molecule has 3 aromatic rings. The molecule has 0 unspecified atom stereocenters. The summed E-state index contributed by atoms with van der Waals surface area (Å²) >= 11 is 0. The number of carbonyl (C=O) groups excluding carboxylic acids is 1. The number of rotatable bonds is 4. The molecule has 1 aromatic carbocycles. The minimum absolute atomic E-state index is 0.0915. The number of tetrazole rings is 1. The normalized spacial score (nSPS) is 15.2. The Hall–Kier alpha value is -3.23. The third-order valence-electron chi connectivity index (χ3n) is 4.52. The molecule has 0 bridgehead atoms. The molecule has 0 aliphatic carbocycles. The molecule has 134 valence electrons. The van der Waals surface area contributed by atoms with Gasteiger partial charge in [-0.15, -0.1) is 0 Å². The van der Waals surface area contributed by atoms with Crippen molar-refractivity contribution in [2.75, 3.05) is 23.3 Å². The van der Waals surface area contributed by atoms with Crippen LogP contribution in [0.3, 0.4) is 0 Å². The fraction of sp³-hybridized carbons (Fsp3) is 0.353. The summed E-state index contributed by atoms with van der Waals surface area (Å²) in [5.74, 6) is 1.40. The fourth-order valence-electron chi connectivity index (χ4n) is 3.31. The van der Waals surface area contributed by atoms with Crippen molar-refractivity contribution in [1.82, 2.24) is 30.0 Å². The van der Waals surface area contributed by atoms with Gasteiger partial charge in [0.25, 0.3) is 0 Å². The van der Waals surface area contributed by atoms with Crippen LogP contribution in [0.15, 0.2) is 42.6 Å². The van der Waals surface area contributed by atoms with Gasteiger partial charge in [0.15, 0.2) is 0 Å². The number of hydrogen-bond acceptors (Lipinski definition) is 6. The Morgan fingerprint density at radius 1 is 1.15 bits per heavy atom. The zero-order valence-corrected chi connectivity index (χ0v) is 14.5. The summed E-state index contributed by atoms with van der Waals surface area (Å²) < 4.78 is 3.66. The van der Waals surface area contributed by atoms with E-state index in [1.165, 1.54) is 6.92 Å². The van der Waals surface area contributed by atoms with Crippen LogP contribution in [-0.4, -0.2) is 49.0 Å². The van der Waals surface area contributed by atoms with Crippen molar-refractivity contribution in [3.63, 3.8) is 0 Å². The SMILES string of the molecule is CC(=O)Nc1ccnn1C1CCN(c2nnnn2-c2ccccc2)CC1. The van der Waals surface area contributed by atoms with E-state index in [4.69, 9.17) is 0 Å². The topological polar surface area (TPSA) is 93.8 Å². The molecule has 1 amide bonds. The van der Waals surface area contributed by atoms with Crippen molar-refractivity contribution in [2.45, 2.75) is 25.8 Å². The monoisotopic (exact) mass is 352 g/mol. The molecule has 1 aliphatic rings. The number of anilines is 2. The van der Waals surface area contributed by atoms with E-state index in [1.54, 1.807) is 10.9 Å². The molecule has 0 saturated carbocycles. The smallest absolute Gasteiger partial charge is 0.250 e. The summed E-state index contributed by atoms with van der Waals surface area (Å²) in [5.41, 5.74) is 0.939. The highest BCUT2D eigenvalue weighted by Crippen LogP contribution is 2.28. The highest BCUT2D eigenvalue weighted by Gasteiger charge is 2.26. The van der Waals surface area contributed by atoms with Gasteiger partial charge in [0.05, 0.1) is 17.9 Å². The molecule has 2 aromatic heterocycles. The molecule has 1 aliphatic heterocycles. The Morgan fingerprint density at radius 2 is 1.92 bits per heavy atom. The van der Waals surface area contributed by atoms with E-state index in [2.05, 4.69) is 30.8 Å². The Balaban J connectivity index is 1.48. The van der Waals surface area contributed by atoms with Crippen molar-refractivity contribution in [3.8, 4) is 5.69 Å². The van der Waals surface area contributed by atoms with Crippen molar-refractivity contribution in [2.24, 2.45) is 0 Å². The highest BCUT2D eigenvalue weighted by atomic mass is 16.1. The number of aromatic nitrogens is 6. The molecule has 0 radical (unpaired) electrons. The lowest BCUT2D eigenvalue weighted by Gasteiger charge is -2.32. The Bertz CT molecular complexity index is 879. The summed E-state index contributed by atoms with van der Waals surface area (Å²) in [6, 6.07) is 11.9. The maximum atomic E-state index is 11.3. The van der Waals surface area contributed by atoms with Crippen molar-refractivity contribution < 1.29 is 4.79 Å².